The molecule has 0 radical (unpaired) electrons. The number of anilines is 1. The van der Waals surface area contributed by atoms with Crippen LogP contribution in [0.4, 0.5) is 5.69 Å². The number of aryl methyl sites for hydroxylation is 1. The summed E-state index contributed by atoms with van der Waals surface area (Å²) in [4.78, 5) is 12.5. The van der Waals surface area contributed by atoms with Crippen LogP contribution in [0.3, 0.4) is 0 Å². The minimum Gasteiger partial charge on any atom is -0.497 e. The topological polar surface area (TPSA) is 105 Å². The number of nitrogens with zero attached hydrogens (tertiary/aromatic N) is 5. The molecule has 0 unspecified atom stereocenters. The van der Waals surface area contributed by atoms with E-state index in [4.69, 9.17) is 14.2 Å². The number of carbonyl (C=O) groups excluding carboxylic acids is 1. The Bertz CT molecular complexity index is 1350. The van der Waals surface area contributed by atoms with Crippen LogP contribution in [0.2, 0.25) is 0 Å². The highest BCUT2D eigenvalue weighted by Crippen LogP contribution is 2.33. The Kier molecular flexibility index (Phi) is 7.25. The highest BCUT2D eigenvalue weighted by molar-refractivity contribution is 7.99. The molecule has 0 aliphatic heterocycles. The summed E-state index contributed by atoms with van der Waals surface area (Å²) in [6, 6.07) is 12.9. The fourth-order valence-corrected chi connectivity index (χ4v) is 4.26. The lowest BCUT2D eigenvalue weighted by atomic mass is 10.1. The van der Waals surface area contributed by atoms with Crippen LogP contribution in [0.1, 0.15) is 0 Å². The number of aromatic nitrogens is 5. The molecule has 182 valence electrons. The van der Waals surface area contributed by atoms with Crippen LogP contribution in [-0.4, -0.2) is 57.5 Å². The fourth-order valence-electron chi connectivity index (χ4n) is 3.55. The van der Waals surface area contributed by atoms with Gasteiger partial charge in [0.2, 0.25) is 5.91 Å². The molecule has 4 aromatic rings. The van der Waals surface area contributed by atoms with Gasteiger partial charge in [-0.1, -0.05) is 23.9 Å². The van der Waals surface area contributed by atoms with Gasteiger partial charge in [-0.05, 0) is 24.3 Å². The van der Waals surface area contributed by atoms with Gasteiger partial charge in [0.25, 0.3) is 0 Å². The largest absolute Gasteiger partial charge is 0.497 e. The number of hydrogen-bond donors (Lipinski definition) is 1. The maximum atomic E-state index is 12.5. The summed E-state index contributed by atoms with van der Waals surface area (Å²) < 4.78 is 19.5. The second-order valence-corrected chi connectivity index (χ2v) is 8.51. The van der Waals surface area contributed by atoms with Crippen LogP contribution in [-0.2, 0) is 18.9 Å². The Labute approximate surface area is 207 Å². The van der Waals surface area contributed by atoms with Gasteiger partial charge in [-0.15, -0.1) is 10.2 Å². The Morgan fingerprint density at radius 3 is 2.54 bits per heavy atom. The van der Waals surface area contributed by atoms with E-state index in [1.165, 1.54) is 11.8 Å². The minimum atomic E-state index is -0.176. The van der Waals surface area contributed by atoms with Gasteiger partial charge in [0.15, 0.2) is 22.5 Å². The van der Waals surface area contributed by atoms with E-state index in [9.17, 15) is 4.79 Å². The van der Waals surface area contributed by atoms with E-state index >= 15 is 0 Å². The van der Waals surface area contributed by atoms with Gasteiger partial charge in [-0.2, -0.15) is 5.10 Å². The molecule has 0 saturated heterocycles. The van der Waals surface area contributed by atoms with Crippen molar-refractivity contribution in [3.8, 4) is 39.9 Å². The third-order valence-electron chi connectivity index (χ3n) is 5.25. The molecule has 1 amide bonds. The molecule has 0 bridgehead atoms. The summed E-state index contributed by atoms with van der Waals surface area (Å²) in [6.45, 7) is 0. The van der Waals surface area contributed by atoms with Crippen molar-refractivity contribution in [3.05, 3.63) is 48.7 Å². The predicted octanol–water partition coefficient (Wildman–Crippen LogP) is 3.64. The van der Waals surface area contributed by atoms with E-state index in [0.29, 0.717) is 28.2 Å². The smallest absolute Gasteiger partial charge is 0.234 e. The Morgan fingerprint density at radius 2 is 1.80 bits per heavy atom. The van der Waals surface area contributed by atoms with Gasteiger partial charge in [0, 0.05) is 37.6 Å². The van der Waals surface area contributed by atoms with Crippen LogP contribution < -0.4 is 19.5 Å². The lowest BCUT2D eigenvalue weighted by molar-refractivity contribution is -0.113. The molecule has 0 saturated carbocycles. The van der Waals surface area contributed by atoms with Crippen molar-refractivity contribution >= 4 is 23.4 Å². The highest BCUT2D eigenvalue weighted by Gasteiger charge is 2.20. The molecule has 1 N–H and O–H groups in total. The molecule has 0 fully saturated rings. The molecule has 4 rings (SSSR count). The zero-order valence-corrected chi connectivity index (χ0v) is 20.9. The summed E-state index contributed by atoms with van der Waals surface area (Å²) in [5.41, 5.74) is 3.12. The number of benzene rings is 2. The summed E-state index contributed by atoms with van der Waals surface area (Å²) >= 11 is 1.30. The number of nitrogens with one attached hydrogen (secondary N) is 1. The van der Waals surface area contributed by atoms with Gasteiger partial charge in [0.1, 0.15) is 11.4 Å². The summed E-state index contributed by atoms with van der Waals surface area (Å²) in [6.07, 6.45) is 1.90. The second kappa shape index (κ2) is 10.5. The molecule has 11 heteroatoms. The Balaban J connectivity index is 1.49. The van der Waals surface area contributed by atoms with Crippen LogP contribution in [0.5, 0.6) is 17.2 Å². The number of ether oxygens (including phenoxy) is 3. The number of thioether (sulfide) groups is 1. The SMILES string of the molecule is COc1cccc(-c2nn(C)cc2-c2nnc(SCC(=O)Nc3ccc(OC)c(OC)c3)n2C)c1. The Morgan fingerprint density at radius 1 is 1.00 bits per heavy atom. The van der Waals surface area contributed by atoms with Gasteiger partial charge in [0.05, 0.1) is 32.6 Å². The van der Waals surface area contributed by atoms with Crippen molar-refractivity contribution < 1.29 is 19.0 Å². The lowest BCUT2D eigenvalue weighted by Crippen LogP contribution is -2.14. The third kappa shape index (κ3) is 5.24. The number of carbonyl (C=O) groups is 1. The van der Waals surface area contributed by atoms with Crippen molar-refractivity contribution in [2.75, 3.05) is 32.4 Å². The number of methoxy groups -OCH3 is 3. The van der Waals surface area contributed by atoms with Gasteiger partial charge in [-0.3, -0.25) is 9.48 Å². The number of hydrogen-bond acceptors (Lipinski definition) is 8. The zero-order valence-electron chi connectivity index (χ0n) is 20.1. The average molecular weight is 495 g/mol. The van der Waals surface area contributed by atoms with E-state index in [1.807, 2.05) is 49.1 Å². The zero-order chi connectivity index (χ0) is 24.9. The summed E-state index contributed by atoms with van der Waals surface area (Å²) in [5, 5.41) is 16.8. The first-order valence-corrected chi connectivity index (χ1v) is 11.6. The standard InChI is InChI=1S/C24H26N6O4S/c1-29-13-18(22(28-29)15-7-6-8-17(11-15)32-3)23-26-27-24(30(23)2)35-14-21(31)25-16-9-10-19(33-4)20(12-16)34-5/h6-13H,14H2,1-5H3,(H,25,31). The van der Waals surface area contributed by atoms with Crippen molar-refractivity contribution in [3.63, 3.8) is 0 Å². The molecule has 2 aromatic carbocycles. The monoisotopic (exact) mass is 494 g/mol. The summed E-state index contributed by atoms with van der Waals surface area (Å²) in [7, 11) is 8.47. The molecule has 0 spiro atoms. The van der Waals surface area contributed by atoms with Crippen LogP contribution in [0.25, 0.3) is 22.6 Å². The van der Waals surface area contributed by atoms with E-state index in [2.05, 4.69) is 20.6 Å². The molecule has 2 heterocycles. The first-order valence-electron chi connectivity index (χ1n) is 10.7. The molecular weight excluding hydrogens is 468 g/mol. The van der Waals surface area contributed by atoms with E-state index in [1.54, 1.807) is 44.2 Å². The summed E-state index contributed by atoms with van der Waals surface area (Å²) in [5.74, 6) is 2.52. The molecular formula is C24H26N6O4S. The highest BCUT2D eigenvalue weighted by atomic mass is 32.2. The van der Waals surface area contributed by atoms with Gasteiger partial charge < -0.3 is 24.1 Å². The lowest BCUT2D eigenvalue weighted by Gasteiger charge is -2.10. The van der Waals surface area contributed by atoms with E-state index < -0.39 is 0 Å². The maximum Gasteiger partial charge on any atom is 0.234 e. The quantitative estimate of drug-likeness (QED) is 0.352. The number of rotatable bonds is 9. The third-order valence-corrected chi connectivity index (χ3v) is 6.27. The van der Waals surface area contributed by atoms with Gasteiger partial charge in [-0.25, -0.2) is 0 Å². The minimum absolute atomic E-state index is 0.163. The van der Waals surface area contributed by atoms with Crippen LogP contribution in [0.15, 0.2) is 53.8 Å². The normalized spacial score (nSPS) is 10.8. The molecule has 35 heavy (non-hydrogen) atoms. The molecule has 10 nitrogen and oxygen atoms in total. The van der Waals surface area contributed by atoms with Crippen LogP contribution >= 0.6 is 11.8 Å². The fraction of sp³-hybridized carbons (Fsp3) is 0.250. The average Bonchev–Trinajstić information content (AvgIpc) is 3.44. The predicted molar refractivity (Wildman–Crippen MR) is 134 cm³/mol. The first kappa shape index (κ1) is 24.1. The van der Waals surface area contributed by atoms with Gasteiger partial charge >= 0.3 is 0 Å². The van der Waals surface area contributed by atoms with Crippen LogP contribution in [0, 0.1) is 0 Å². The number of amides is 1. The molecule has 0 atom stereocenters. The van der Waals surface area contributed by atoms with Crippen molar-refractivity contribution in [2.24, 2.45) is 14.1 Å². The Hall–Kier alpha value is -3.99. The molecule has 0 aliphatic carbocycles. The van der Waals surface area contributed by atoms with E-state index in [0.717, 1.165) is 22.6 Å². The van der Waals surface area contributed by atoms with Crippen molar-refractivity contribution in [1.29, 1.82) is 0 Å². The second-order valence-electron chi connectivity index (χ2n) is 7.57. The van der Waals surface area contributed by atoms with Crippen molar-refractivity contribution in [1.82, 2.24) is 24.5 Å². The molecule has 2 aromatic heterocycles. The van der Waals surface area contributed by atoms with Crippen molar-refractivity contribution in [2.45, 2.75) is 5.16 Å². The molecule has 0 aliphatic rings. The van der Waals surface area contributed by atoms with E-state index in [-0.39, 0.29) is 11.7 Å². The maximum absolute atomic E-state index is 12.5. The first-order chi connectivity index (χ1) is 16.9.